The summed E-state index contributed by atoms with van der Waals surface area (Å²) in [4.78, 5) is 0. The molecule has 0 spiro atoms. The second-order valence-electron chi connectivity index (χ2n) is 11.0. The first kappa shape index (κ1) is 22.4. The Morgan fingerprint density at radius 1 is 0.293 bits per heavy atom. The number of benzene rings is 7. The Morgan fingerprint density at radius 3 is 1.71 bits per heavy atom. The molecule has 0 bridgehead atoms. The van der Waals surface area contributed by atoms with E-state index in [2.05, 4.69) is 156 Å². The molecule has 0 aliphatic heterocycles. The molecule has 0 saturated heterocycles. The van der Waals surface area contributed by atoms with Gasteiger partial charge in [0.1, 0.15) is 0 Å². The quantitative estimate of drug-likeness (QED) is 0.219. The van der Waals surface area contributed by atoms with Crippen molar-refractivity contribution < 1.29 is 0 Å². The number of rotatable bonds is 3. The van der Waals surface area contributed by atoms with Crippen molar-refractivity contribution in [2.24, 2.45) is 0 Å². The minimum Gasteiger partial charge on any atom is -0.308 e. The van der Waals surface area contributed by atoms with E-state index in [0.29, 0.717) is 0 Å². The molecule has 0 radical (unpaired) electrons. The van der Waals surface area contributed by atoms with E-state index in [4.69, 9.17) is 0 Å². The van der Waals surface area contributed by atoms with Crippen molar-refractivity contribution in [1.82, 2.24) is 4.40 Å². The van der Waals surface area contributed by atoms with Gasteiger partial charge in [0.15, 0.2) is 0 Å². The second-order valence-corrected chi connectivity index (χ2v) is 11.0. The molecule has 0 atom stereocenters. The first-order valence-electron chi connectivity index (χ1n) is 14.2. The van der Waals surface area contributed by atoms with Crippen LogP contribution in [0.25, 0.3) is 82.2 Å². The minimum atomic E-state index is 1.23. The van der Waals surface area contributed by atoms with Crippen LogP contribution in [0.1, 0.15) is 0 Å². The lowest BCUT2D eigenvalue weighted by molar-refractivity contribution is 1.37. The first-order valence-corrected chi connectivity index (χ1v) is 14.2. The van der Waals surface area contributed by atoms with Crippen molar-refractivity contribution >= 4 is 48.9 Å². The third kappa shape index (κ3) is 3.36. The zero-order chi connectivity index (χ0) is 26.9. The van der Waals surface area contributed by atoms with Crippen LogP contribution in [-0.2, 0) is 0 Å². The van der Waals surface area contributed by atoms with E-state index in [0.717, 1.165) is 0 Å². The van der Waals surface area contributed by atoms with Crippen molar-refractivity contribution in [1.29, 1.82) is 0 Å². The van der Waals surface area contributed by atoms with Crippen LogP contribution in [0.4, 0.5) is 0 Å². The lowest BCUT2D eigenvalue weighted by atomic mass is 9.92. The number of aromatic nitrogens is 1. The molecule has 1 nitrogen and oxygen atoms in total. The Labute approximate surface area is 237 Å². The number of fused-ring (bicyclic) bond motifs is 7. The molecule has 0 amide bonds. The number of hydrogen-bond acceptors (Lipinski definition) is 0. The molecule has 9 aromatic rings. The fourth-order valence-corrected chi connectivity index (χ4v) is 6.74. The maximum absolute atomic E-state index is 2.44. The monoisotopic (exact) mass is 519 g/mol. The summed E-state index contributed by atoms with van der Waals surface area (Å²) in [7, 11) is 0. The van der Waals surface area contributed by atoms with Crippen LogP contribution in [0.2, 0.25) is 0 Å². The molecule has 1 heteroatoms. The minimum absolute atomic E-state index is 1.23. The van der Waals surface area contributed by atoms with E-state index >= 15 is 0 Å². The number of para-hydroxylation sites is 2. The van der Waals surface area contributed by atoms with Crippen LogP contribution in [-0.4, -0.2) is 4.40 Å². The van der Waals surface area contributed by atoms with Gasteiger partial charge in [-0.25, -0.2) is 0 Å². The van der Waals surface area contributed by atoms with Crippen LogP contribution in [0, 0.1) is 0 Å². The Hall–Kier alpha value is -5.40. The highest BCUT2D eigenvalue weighted by Gasteiger charge is 2.17. The molecular formula is C40H25N. The summed E-state index contributed by atoms with van der Waals surface area (Å²) in [5, 5.41) is 7.77. The summed E-state index contributed by atoms with van der Waals surface area (Å²) in [6, 6.07) is 55.6. The highest BCUT2D eigenvalue weighted by atomic mass is 14.9. The average molecular weight is 520 g/mol. The highest BCUT2D eigenvalue weighted by Crippen LogP contribution is 2.41. The van der Waals surface area contributed by atoms with E-state index < -0.39 is 0 Å². The van der Waals surface area contributed by atoms with Gasteiger partial charge in [-0.15, -0.1) is 0 Å². The maximum atomic E-state index is 2.44. The summed E-state index contributed by atoms with van der Waals surface area (Å²) < 4.78 is 2.44. The molecule has 41 heavy (non-hydrogen) atoms. The number of hydrogen-bond donors (Lipinski definition) is 0. The molecule has 2 heterocycles. The van der Waals surface area contributed by atoms with Crippen LogP contribution in [0.5, 0.6) is 0 Å². The van der Waals surface area contributed by atoms with E-state index in [1.54, 1.807) is 0 Å². The van der Waals surface area contributed by atoms with Crippen LogP contribution in [0.3, 0.4) is 0 Å². The van der Waals surface area contributed by atoms with Gasteiger partial charge in [0.05, 0.1) is 16.6 Å². The lowest BCUT2D eigenvalue weighted by Gasteiger charge is -2.12. The summed E-state index contributed by atoms with van der Waals surface area (Å²) in [5.41, 5.74) is 11.2. The molecule has 190 valence electrons. The molecule has 0 aliphatic rings. The lowest BCUT2D eigenvalue weighted by Crippen LogP contribution is -1.87. The molecule has 0 unspecified atom stereocenters. The second kappa shape index (κ2) is 8.55. The van der Waals surface area contributed by atoms with E-state index in [1.807, 2.05) is 0 Å². The fourth-order valence-electron chi connectivity index (χ4n) is 6.74. The zero-order valence-corrected chi connectivity index (χ0v) is 22.4. The Balaban J connectivity index is 1.29. The predicted molar refractivity (Wildman–Crippen MR) is 175 cm³/mol. The molecule has 9 rings (SSSR count). The summed E-state index contributed by atoms with van der Waals surface area (Å²) in [6.07, 6.45) is 0. The summed E-state index contributed by atoms with van der Waals surface area (Å²) in [5.74, 6) is 0. The van der Waals surface area contributed by atoms with Gasteiger partial charge < -0.3 is 4.40 Å². The topological polar surface area (TPSA) is 4.41 Å². The molecule has 0 saturated carbocycles. The molecule has 0 aliphatic carbocycles. The maximum Gasteiger partial charge on any atom is 0.0620 e. The van der Waals surface area contributed by atoms with Gasteiger partial charge in [0.2, 0.25) is 0 Å². The Bertz CT molecular complexity index is 2410. The van der Waals surface area contributed by atoms with Gasteiger partial charge in [-0.05, 0) is 86.6 Å². The van der Waals surface area contributed by atoms with E-state index in [1.165, 1.54) is 82.2 Å². The van der Waals surface area contributed by atoms with Crippen LogP contribution >= 0.6 is 0 Å². The average Bonchev–Trinajstić information content (AvgIpc) is 3.57. The predicted octanol–water partition coefficient (Wildman–Crippen LogP) is 11.0. The number of nitrogens with zero attached hydrogens (tertiary/aromatic N) is 1. The van der Waals surface area contributed by atoms with Gasteiger partial charge in [-0.1, -0.05) is 109 Å². The van der Waals surface area contributed by atoms with E-state index in [-0.39, 0.29) is 0 Å². The van der Waals surface area contributed by atoms with Gasteiger partial charge in [-0.2, -0.15) is 0 Å². The van der Waals surface area contributed by atoms with Crippen molar-refractivity contribution in [3.63, 3.8) is 0 Å². The molecular weight excluding hydrogens is 494 g/mol. The Kier molecular flexibility index (Phi) is 4.67. The van der Waals surface area contributed by atoms with Crippen LogP contribution in [0.15, 0.2) is 152 Å². The Morgan fingerprint density at radius 2 is 0.878 bits per heavy atom. The van der Waals surface area contributed by atoms with Crippen molar-refractivity contribution in [3.05, 3.63) is 152 Å². The standard InChI is InChI=1S/C40H25N/c1-2-9-26(10-3-1)31-22-32(29-18-17-27-11-4-5-12-28(27)21-29)24-33(23-31)30-19-20-39-37(25-30)36-15-8-14-35-34-13-6-7-16-38(34)41(39)40(35)36/h1-25H. The SMILES string of the molecule is c1ccc(-c2cc(-c3ccc4ccccc4c3)cc(-c3ccc4c(c3)c3cccc5c6ccccc6n4c53)c2)cc1. The molecule has 7 aromatic carbocycles. The van der Waals surface area contributed by atoms with Crippen LogP contribution < -0.4 is 0 Å². The third-order valence-corrected chi connectivity index (χ3v) is 8.68. The smallest absolute Gasteiger partial charge is 0.0620 e. The van der Waals surface area contributed by atoms with Crippen molar-refractivity contribution in [3.8, 4) is 33.4 Å². The van der Waals surface area contributed by atoms with Crippen molar-refractivity contribution in [2.75, 3.05) is 0 Å². The van der Waals surface area contributed by atoms with Gasteiger partial charge >= 0.3 is 0 Å². The molecule has 0 N–H and O–H groups in total. The van der Waals surface area contributed by atoms with Gasteiger partial charge in [0, 0.05) is 21.5 Å². The van der Waals surface area contributed by atoms with Crippen molar-refractivity contribution in [2.45, 2.75) is 0 Å². The van der Waals surface area contributed by atoms with Gasteiger partial charge in [0.25, 0.3) is 0 Å². The zero-order valence-electron chi connectivity index (χ0n) is 22.4. The summed E-state index contributed by atoms with van der Waals surface area (Å²) >= 11 is 0. The normalized spacial score (nSPS) is 11.9. The first-order chi connectivity index (χ1) is 20.3. The molecule has 2 aromatic heterocycles. The highest BCUT2D eigenvalue weighted by molar-refractivity contribution is 6.23. The summed E-state index contributed by atoms with van der Waals surface area (Å²) in [6.45, 7) is 0. The van der Waals surface area contributed by atoms with E-state index in [9.17, 15) is 0 Å². The third-order valence-electron chi connectivity index (χ3n) is 8.68. The van der Waals surface area contributed by atoms with Gasteiger partial charge in [-0.3, -0.25) is 0 Å². The molecule has 0 fully saturated rings. The largest absolute Gasteiger partial charge is 0.308 e. The fraction of sp³-hybridized carbons (Fsp3) is 0.